The summed E-state index contributed by atoms with van der Waals surface area (Å²) >= 11 is 1.67. The molecule has 0 aliphatic heterocycles. The molecule has 0 spiro atoms. The number of nitrogens with two attached hydrogens (primary N) is 1. The fraction of sp³-hybridized carbons (Fsp3) is 0.308. The van der Waals surface area contributed by atoms with E-state index in [0.29, 0.717) is 13.0 Å². The van der Waals surface area contributed by atoms with Gasteiger partial charge in [0.05, 0.1) is 6.61 Å². The molecule has 0 aliphatic rings. The Morgan fingerprint density at radius 2 is 2.24 bits per heavy atom. The number of carbonyl (C=O) groups excluding carboxylic acids is 1. The van der Waals surface area contributed by atoms with Crippen molar-refractivity contribution in [3.8, 4) is 0 Å². The molecule has 0 saturated heterocycles. The third kappa shape index (κ3) is 2.65. The summed E-state index contributed by atoms with van der Waals surface area (Å²) in [7, 11) is 0. The van der Waals surface area contributed by atoms with Crippen LogP contribution in [0.2, 0.25) is 0 Å². The van der Waals surface area contributed by atoms with E-state index in [1.807, 2.05) is 12.1 Å². The predicted octanol–water partition coefficient (Wildman–Crippen LogP) is 2.33. The number of hydrogen-bond acceptors (Lipinski definition) is 4. The quantitative estimate of drug-likeness (QED) is 0.846. The molecule has 0 radical (unpaired) electrons. The van der Waals surface area contributed by atoms with Crippen LogP contribution >= 0.6 is 11.3 Å². The largest absolute Gasteiger partial charge is 0.465 e. The van der Waals surface area contributed by atoms with Crippen LogP contribution in [0.25, 0.3) is 10.1 Å². The molecule has 0 amide bonds. The average Bonchev–Trinajstić information content (AvgIpc) is 2.73. The van der Waals surface area contributed by atoms with Gasteiger partial charge in [-0.2, -0.15) is 0 Å². The Morgan fingerprint density at radius 3 is 3.00 bits per heavy atom. The van der Waals surface area contributed by atoms with Crippen LogP contribution in [-0.2, 0) is 16.0 Å². The molecule has 17 heavy (non-hydrogen) atoms. The highest BCUT2D eigenvalue weighted by atomic mass is 32.1. The first-order valence-corrected chi connectivity index (χ1v) is 6.47. The lowest BCUT2D eigenvalue weighted by Gasteiger charge is -2.09. The van der Waals surface area contributed by atoms with Gasteiger partial charge >= 0.3 is 5.97 Å². The Kier molecular flexibility index (Phi) is 3.76. The minimum atomic E-state index is -0.576. The second-order valence-corrected chi connectivity index (χ2v) is 4.73. The van der Waals surface area contributed by atoms with E-state index >= 15 is 0 Å². The molecule has 2 N–H and O–H groups in total. The molecule has 0 fully saturated rings. The molecule has 0 bridgehead atoms. The smallest absolute Gasteiger partial charge is 0.323 e. The highest BCUT2D eigenvalue weighted by molar-refractivity contribution is 7.17. The summed E-state index contributed by atoms with van der Waals surface area (Å²) in [6.45, 7) is 2.15. The maximum atomic E-state index is 11.5. The highest BCUT2D eigenvalue weighted by Gasteiger charge is 2.16. The van der Waals surface area contributed by atoms with Gasteiger partial charge in [-0.15, -0.1) is 11.3 Å². The first-order chi connectivity index (χ1) is 8.22. The third-order valence-electron chi connectivity index (χ3n) is 2.59. The SMILES string of the molecule is CCOC(=O)[C@H](N)Cc1csc2ccccc12. The molecule has 0 aliphatic carbocycles. The number of carbonyl (C=O) groups is 1. The van der Waals surface area contributed by atoms with Crippen molar-refractivity contribution in [1.82, 2.24) is 0 Å². The van der Waals surface area contributed by atoms with Crippen LogP contribution in [0.1, 0.15) is 12.5 Å². The molecule has 0 unspecified atom stereocenters. The van der Waals surface area contributed by atoms with E-state index in [0.717, 1.165) is 5.56 Å². The zero-order valence-corrected chi connectivity index (χ0v) is 10.5. The van der Waals surface area contributed by atoms with Gasteiger partial charge in [-0.1, -0.05) is 18.2 Å². The van der Waals surface area contributed by atoms with Crippen molar-refractivity contribution in [1.29, 1.82) is 0 Å². The zero-order chi connectivity index (χ0) is 12.3. The van der Waals surface area contributed by atoms with E-state index < -0.39 is 6.04 Å². The minimum absolute atomic E-state index is 0.331. The van der Waals surface area contributed by atoms with Crippen molar-refractivity contribution in [2.24, 2.45) is 5.73 Å². The van der Waals surface area contributed by atoms with Crippen LogP contribution in [0.5, 0.6) is 0 Å². The van der Waals surface area contributed by atoms with Crippen LogP contribution in [0.15, 0.2) is 29.6 Å². The van der Waals surface area contributed by atoms with Crippen LogP contribution in [0.4, 0.5) is 0 Å². The van der Waals surface area contributed by atoms with Gasteiger partial charge in [0.1, 0.15) is 6.04 Å². The average molecular weight is 249 g/mol. The maximum Gasteiger partial charge on any atom is 0.323 e. The van der Waals surface area contributed by atoms with E-state index in [1.165, 1.54) is 10.1 Å². The molecule has 1 heterocycles. The molecular weight excluding hydrogens is 234 g/mol. The fourth-order valence-electron chi connectivity index (χ4n) is 1.76. The van der Waals surface area contributed by atoms with Gasteiger partial charge in [0.25, 0.3) is 0 Å². The molecule has 90 valence electrons. The van der Waals surface area contributed by atoms with Gasteiger partial charge in [0.2, 0.25) is 0 Å². The van der Waals surface area contributed by atoms with Crippen molar-refractivity contribution in [2.45, 2.75) is 19.4 Å². The Bertz CT molecular complexity index is 521. The summed E-state index contributed by atoms with van der Waals surface area (Å²) in [5.74, 6) is -0.331. The van der Waals surface area contributed by atoms with Crippen molar-refractivity contribution in [3.05, 3.63) is 35.2 Å². The monoisotopic (exact) mass is 249 g/mol. The molecule has 1 aromatic heterocycles. The number of esters is 1. The number of ether oxygens (including phenoxy) is 1. The number of rotatable bonds is 4. The Labute approximate surface area is 104 Å². The van der Waals surface area contributed by atoms with Crippen LogP contribution in [0.3, 0.4) is 0 Å². The number of fused-ring (bicyclic) bond motifs is 1. The van der Waals surface area contributed by atoms with E-state index in [9.17, 15) is 4.79 Å². The van der Waals surface area contributed by atoms with E-state index in [1.54, 1.807) is 18.3 Å². The molecule has 2 aromatic rings. The van der Waals surface area contributed by atoms with E-state index in [-0.39, 0.29) is 5.97 Å². The van der Waals surface area contributed by atoms with E-state index in [2.05, 4.69) is 17.5 Å². The van der Waals surface area contributed by atoms with Crippen molar-refractivity contribution < 1.29 is 9.53 Å². The molecule has 1 atom stereocenters. The topological polar surface area (TPSA) is 52.3 Å². The number of benzene rings is 1. The maximum absolute atomic E-state index is 11.5. The van der Waals surface area contributed by atoms with Crippen molar-refractivity contribution in [2.75, 3.05) is 6.61 Å². The standard InChI is InChI=1S/C13H15NO2S/c1-2-16-13(15)11(14)7-9-8-17-12-6-4-3-5-10(9)12/h3-6,8,11H,2,7,14H2,1H3/t11-/m1/s1. The zero-order valence-electron chi connectivity index (χ0n) is 9.68. The first kappa shape index (κ1) is 12.1. The lowest BCUT2D eigenvalue weighted by atomic mass is 10.1. The van der Waals surface area contributed by atoms with Gasteiger partial charge in [-0.05, 0) is 35.7 Å². The number of thiophene rings is 1. The molecule has 3 nitrogen and oxygen atoms in total. The Hall–Kier alpha value is -1.39. The lowest BCUT2D eigenvalue weighted by molar-refractivity contribution is -0.144. The first-order valence-electron chi connectivity index (χ1n) is 5.59. The second kappa shape index (κ2) is 5.29. The second-order valence-electron chi connectivity index (χ2n) is 3.82. The normalized spacial score (nSPS) is 12.6. The van der Waals surface area contributed by atoms with Gasteiger partial charge in [0, 0.05) is 4.70 Å². The summed E-state index contributed by atoms with van der Waals surface area (Å²) < 4.78 is 6.12. The number of hydrogen-bond donors (Lipinski definition) is 1. The predicted molar refractivity (Wildman–Crippen MR) is 70.1 cm³/mol. The van der Waals surface area contributed by atoms with Gasteiger partial charge < -0.3 is 10.5 Å². The van der Waals surface area contributed by atoms with Crippen LogP contribution < -0.4 is 5.73 Å². The van der Waals surface area contributed by atoms with Crippen LogP contribution in [-0.4, -0.2) is 18.6 Å². The van der Waals surface area contributed by atoms with E-state index in [4.69, 9.17) is 10.5 Å². The van der Waals surface area contributed by atoms with Gasteiger partial charge in [-0.25, -0.2) is 0 Å². The highest BCUT2D eigenvalue weighted by Crippen LogP contribution is 2.26. The molecule has 1 aromatic carbocycles. The van der Waals surface area contributed by atoms with Gasteiger partial charge in [-0.3, -0.25) is 4.79 Å². The summed E-state index contributed by atoms with van der Waals surface area (Å²) in [6.07, 6.45) is 0.531. The van der Waals surface area contributed by atoms with Crippen molar-refractivity contribution in [3.63, 3.8) is 0 Å². The molecular formula is C13H15NO2S. The molecule has 0 saturated carbocycles. The summed E-state index contributed by atoms with van der Waals surface area (Å²) in [4.78, 5) is 11.5. The van der Waals surface area contributed by atoms with Crippen molar-refractivity contribution >= 4 is 27.4 Å². The third-order valence-corrected chi connectivity index (χ3v) is 3.60. The Balaban J connectivity index is 2.16. The summed E-state index contributed by atoms with van der Waals surface area (Å²) in [5.41, 5.74) is 6.93. The van der Waals surface area contributed by atoms with Gasteiger partial charge in [0.15, 0.2) is 0 Å². The fourth-order valence-corrected chi connectivity index (χ4v) is 2.74. The van der Waals surface area contributed by atoms with Crippen LogP contribution in [0, 0.1) is 0 Å². The minimum Gasteiger partial charge on any atom is -0.465 e. The summed E-state index contributed by atoms with van der Waals surface area (Å²) in [5, 5.41) is 3.24. The summed E-state index contributed by atoms with van der Waals surface area (Å²) in [6, 6.07) is 7.55. The Morgan fingerprint density at radius 1 is 1.47 bits per heavy atom. The molecule has 4 heteroatoms. The lowest BCUT2D eigenvalue weighted by Crippen LogP contribution is -2.34. The molecule has 2 rings (SSSR count).